The van der Waals surface area contributed by atoms with Crippen molar-refractivity contribution in [3.05, 3.63) is 28.8 Å². The molecule has 1 heterocycles. The van der Waals surface area contributed by atoms with Gasteiger partial charge in [0.1, 0.15) is 5.60 Å². The SMILES string of the molecule is Cc1ccc(Cl)cc1NCC1(O)CCN(C(=O)OC(C)(C)C)CC1. The van der Waals surface area contributed by atoms with Crippen LogP contribution in [0, 0.1) is 6.92 Å². The summed E-state index contributed by atoms with van der Waals surface area (Å²) in [6.07, 6.45) is 0.709. The minimum atomic E-state index is -0.840. The van der Waals surface area contributed by atoms with Crippen LogP contribution in [0.15, 0.2) is 18.2 Å². The molecule has 1 aromatic carbocycles. The molecule has 0 aliphatic carbocycles. The highest BCUT2D eigenvalue weighted by atomic mass is 35.5. The number of piperidine rings is 1. The Morgan fingerprint density at radius 3 is 2.58 bits per heavy atom. The molecule has 1 amide bonds. The highest BCUT2D eigenvalue weighted by Crippen LogP contribution is 2.26. The molecule has 0 aromatic heterocycles. The van der Waals surface area contributed by atoms with Gasteiger partial charge in [0, 0.05) is 30.3 Å². The lowest BCUT2D eigenvalue weighted by atomic mass is 9.91. The minimum absolute atomic E-state index is 0.316. The Kier molecular flexibility index (Phi) is 5.66. The van der Waals surface area contributed by atoms with E-state index in [-0.39, 0.29) is 6.09 Å². The number of carbonyl (C=O) groups excluding carboxylic acids is 1. The highest BCUT2D eigenvalue weighted by molar-refractivity contribution is 6.30. The second-order valence-corrected chi connectivity index (χ2v) is 7.94. The molecule has 6 heteroatoms. The number of rotatable bonds is 3. The van der Waals surface area contributed by atoms with Crippen molar-refractivity contribution in [1.82, 2.24) is 4.90 Å². The van der Waals surface area contributed by atoms with Crippen molar-refractivity contribution < 1.29 is 14.6 Å². The van der Waals surface area contributed by atoms with E-state index in [1.807, 2.05) is 45.9 Å². The molecule has 0 atom stereocenters. The number of nitrogens with one attached hydrogen (secondary N) is 1. The van der Waals surface area contributed by atoms with Gasteiger partial charge in [-0.25, -0.2) is 4.79 Å². The van der Waals surface area contributed by atoms with Gasteiger partial charge in [-0.2, -0.15) is 0 Å². The lowest BCUT2D eigenvalue weighted by Gasteiger charge is -2.38. The van der Waals surface area contributed by atoms with Gasteiger partial charge in [-0.15, -0.1) is 0 Å². The van der Waals surface area contributed by atoms with E-state index in [9.17, 15) is 9.90 Å². The number of amides is 1. The summed E-state index contributed by atoms with van der Waals surface area (Å²) in [5, 5.41) is 14.7. The molecule has 1 aliphatic heterocycles. The molecule has 0 saturated carbocycles. The summed E-state index contributed by atoms with van der Waals surface area (Å²) in [4.78, 5) is 13.7. The topological polar surface area (TPSA) is 61.8 Å². The second kappa shape index (κ2) is 7.19. The number of hydrogen-bond donors (Lipinski definition) is 2. The molecular weight excluding hydrogens is 328 g/mol. The van der Waals surface area contributed by atoms with Crippen molar-refractivity contribution in [2.45, 2.75) is 51.7 Å². The lowest BCUT2D eigenvalue weighted by Crippen LogP contribution is -2.50. The molecule has 0 unspecified atom stereocenters. The zero-order chi connectivity index (χ0) is 18.0. The summed E-state index contributed by atoms with van der Waals surface area (Å²) in [6, 6.07) is 5.64. The smallest absolute Gasteiger partial charge is 0.410 e. The van der Waals surface area contributed by atoms with Crippen LogP contribution in [0.2, 0.25) is 5.02 Å². The number of likely N-dealkylation sites (tertiary alicyclic amines) is 1. The number of hydrogen-bond acceptors (Lipinski definition) is 4. The summed E-state index contributed by atoms with van der Waals surface area (Å²) >= 11 is 6.02. The maximum absolute atomic E-state index is 12.1. The minimum Gasteiger partial charge on any atom is -0.444 e. The lowest BCUT2D eigenvalue weighted by molar-refractivity contribution is -0.0244. The highest BCUT2D eigenvalue weighted by Gasteiger charge is 2.35. The summed E-state index contributed by atoms with van der Waals surface area (Å²) in [7, 11) is 0. The van der Waals surface area contributed by atoms with E-state index in [1.165, 1.54) is 0 Å². The zero-order valence-corrected chi connectivity index (χ0v) is 15.6. The van der Waals surface area contributed by atoms with Crippen LogP contribution in [-0.4, -0.2) is 46.9 Å². The predicted octanol–water partition coefficient (Wildman–Crippen LogP) is 3.82. The summed E-state index contributed by atoms with van der Waals surface area (Å²) in [5.41, 5.74) is 0.656. The Balaban J connectivity index is 1.88. The molecule has 2 N–H and O–H groups in total. The number of aryl methyl sites for hydroxylation is 1. The van der Waals surface area contributed by atoms with Gasteiger partial charge in [-0.05, 0) is 58.2 Å². The number of ether oxygens (including phenoxy) is 1. The third-order valence-corrected chi connectivity index (χ3v) is 4.39. The van der Waals surface area contributed by atoms with Crippen LogP contribution < -0.4 is 5.32 Å². The first-order chi connectivity index (χ1) is 11.1. The Bertz CT molecular complexity index is 590. The molecule has 5 nitrogen and oxygen atoms in total. The number of nitrogens with zero attached hydrogens (tertiary/aromatic N) is 1. The number of halogens is 1. The Morgan fingerprint density at radius 2 is 2.00 bits per heavy atom. The van der Waals surface area contributed by atoms with Crippen molar-refractivity contribution in [3.8, 4) is 0 Å². The molecule has 1 aliphatic rings. The van der Waals surface area contributed by atoms with Crippen molar-refractivity contribution in [1.29, 1.82) is 0 Å². The van der Waals surface area contributed by atoms with E-state index in [1.54, 1.807) is 4.90 Å². The van der Waals surface area contributed by atoms with Crippen molar-refractivity contribution in [2.75, 3.05) is 25.0 Å². The molecule has 24 heavy (non-hydrogen) atoms. The van der Waals surface area contributed by atoms with Gasteiger partial charge in [-0.3, -0.25) is 0 Å². The molecule has 1 aromatic rings. The third kappa shape index (κ3) is 5.28. The van der Waals surface area contributed by atoms with Crippen LogP contribution in [0.25, 0.3) is 0 Å². The number of benzene rings is 1. The predicted molar refractivity (Wildman–Crippen MR) is 96.7 cm³/mol. The first-order valence-electron chi connectivity index (χ1n) is 8.28. The monoisotopic (exact) mass is 354 g/mol. The molecule has 134 valence electrons. The standard InChI is InChI=1S/C18H27ClN2O3/c1-13-5-6-14(19)11-15(13)20-12-18(23)7-9-21(10-8-18)16(22)24-17(2,3)4/h5-6,11,20,23H,7-10,12H2,1-4H3. The van der Waals surface area contributed by atoms with E-state index in [4.69, 9.17) is 16.3 Å². The number of anilines is 1. The van der Waals surface area contributed by atoms with Gasteiger partial charge in [0.05, 0.1) is 5.60 Å². The Labute approximate surface area is 148 Å². The van der Waals surface area contributed by atoms with Gasteiger partial charge >= 0.3 is 6.09 Å². The van der Waals surface area contributed by atoms with Gasteiger partial charge in [0.25, 0.3) is 0 Å². The summed E-state index contributed by atoms with van der Waals surface area (Å²) in [5.74, 6) is 0. The molecule has 2 rings (SSSR count). The van der Waals surface area contributed by atoms with Crippen LogP contribution in [0.4, 0.5) is 10.5 Å². The van der Waals surface area contributed by atoms with Crippen LogP contribution >= 0.6 is 11.6 Å². The van der Waals surface area contributed by atoms with Crippen LogP contribution in [0.5, 0.6) is 0 Å². The maximum Gasteiger partial charge on any atom is 0.410 e. The summed E-state index contributed by atoms with van der Waals surface area (Å²) in [6.45, 7) is 8.95. The van der Waals surface area contributed by atoms with Crippen LogP contribution in [-0.2, 0) is 4.74 Å². The molecular formula is C18H27ClN2O3. The maximum atomic E-state index is 12.1. The zero-order valence-electron chi connectivity index (χ0n) is 14.9. The van der Waals surface area contributed by atoms with Crippen LogP contribution in [0.3, 0.4) is 0 Å². The normalized spacial score (nSPS) is 17.5. The van der Waals surface area contributed by atoms with E-state index in [0.717, 1.165) is 11.3 Å². The van der Waals surface area contributed by atoms with Gasteiger partial charge in [0.2, 0.25) is 0 Å². The largest absolute Gasteiger partial charge is 0.444 e. The average Bonchev–Trinajstić information content (AvgIpc) is 2.47. The fraction of sp³-hybridized carbons (Fsp3) is 0.611. The van der Waals surface area contributed by atoms with Gasteiger partial charge in [-0.1, -0.05) is 17.7 Å². The van der Waals surface area contributed by atoms with Crippen molar-refractivity contribution >= 4 is 23.4 Å². The number of carbonyl (C=O) groups is 1. The fourth-order valence-corrected chi connectivity index (χ4v) is 2.83. The first-order valence-corrected chi connectivity index (χ1v) is 8.66. The van der Waals surface area contributed by atoms with E-state index < -0.39 is 11.2 Å². The molecule has 0 bridgehead atoms. The third-order valence-electron chi connectivity index (χ3n) is 4.15. The Hall–Kier alpha value is -1.46. The van der Waals surface area contributed by atoms with Crippen LogP contribution in [0.1, 0.15) is 39.2 Å². The molecule has 1 saturated heterocycles. The van der Waals surface area contributed by atoms with E-state index >= 15 is 0 Å². The molecule has 1 fully saturated rings. The Morgan fingerprint density at radius 1 is 1.38 bits per heavy atom. The second-order valence-electron chi connectivity index (χ2n) is 7.50. The number of aliphatic hydroxyl groups is 1. The molecule has 0 spiro atoms. The molecule has 0 radical (unpaired) electrons. The fourth-order valence-electron chi connectivity index (χ4n) is 2.65. The average molecular weight is 355 g/mol. The van der Waals surface area contributed by atoms with E-state index in [2.05, 4.69) is 5.32 Å². The van der Waals surface area contributed by atoms with Gasteiger partial charge < -0.3 is 20.1 Å². The first kappa shape index (κ1) is 18.9. The van der Waals surface area contributed by atoms with Crippen molar-refractivity contribution in [2.24, 2.45) is 0 Å². The van der Waals surface area contributed by atoms with Gasteiger partial charge in [0.15, 0.2) is 0 Å². The quantitative estimate of drug-likeness (QED) is 0.866. The summed E-state index contributed by atoms with van der Waals surface area (Å²) < 4.78 is 5.38. The van der Waals surface area contributed by atoms with Crippen molar-refractivity contribution in [3.63, 3.8) is 0 Å². The van der Waals surface area contributed by atoms with E-state index in [0.29, 0.717) is 37.5 Å².